The highest BCUT2D eigenvalue weighted by atomic mass is 16.5. The molecule has 7 nitrogen and oxygen atoms in total. The number of nitrogens with one attached hydrogen (secondary N) is 2. The van der Waals surface area contributed by atoms with Gasteiger partial charge in [0.15, 0.2) is 6.61 Å². The van der Waals surface area contributed by atoms with Crippen LogP contribution >= 0.6 is 0 Å². The zero-order chi connectivity index (χ0) is 22.9. The van der Waals surface area contributed by atoms with E-state index in [1.165, 1.54) is 0 Å². The van der Waals surface area contributed by atoms with E-state index in [0.717, 1.165) is 16.8 Å². The monoisotopic (exact) mass is 440 g/mol. The molecule has 0 fully saturated rings. The Kier molecular flexibility index (Phi) is 7.12. The molecule has 0 aliphatic carbocycles. The summed E-state index contributed by atoms with van der Waals surface area (Å²) < 4.78 is 7.44. The maximum absolute atomic E-state index is 12.2. The summed E-state index contributed by atoms with van der Waals surface area (Å²) in [6.07, 6.45) is 4.25. The number of para-hydroxylation sites is 1. The second-order valence-electron chi connectivity index (χ2n) is 7.38. The van der Waals surface area contributed by atoms with Crippen LogP contribution in [-0.4, -0.2) is 34.7 Å². The molecule has 0 spiro atoms. The van der Waals surface area contributed by atoms with Crippen LogP contribution in [0.5, 0.6) is 5.75 Å². The molecular weight excluding hydrogens is 416 g/mol. The fourth-order valence-electron chi connectivity index (χ4n) is 3.30. The molecule has 7 heteroatoms. The van der Waals surface area contributed by atoms with Crippen LogP contribution in [-0.2, 0) is 16.0 Å². The summed E-state index contributed by atoms with van der Waals surface area (Å²) in [6.45, 7) is -0.313. The Labute approximate surface area is 192 Å². The van der Waals surface area contributed by atoms with E-state index in [1.807, 2.05) is 79.0 Å². The lowest BCUT2D eigenvalue weighted by Crippen LogP contribution is -2.35. The number of nitrogens with zero attached hydrogens (tertiary/aromatic N) is 2. The minimum atomic E-state index is -0.367. The number of ether oxygens (including phenoxy) is 1. The van der Waals surface area contributed by atoms with Gasteiger partial charge in [-0.15, -0.1) is 0 Å². The van der Waals surface area contributed by atoms with Gasteiger partial charge in [-0.25, -0.2) is 4.68 Å². The maximum Gasteiger partial charge on any atom is 0.258 e. The highest BCUT2D eigenvalue weighted by Crippen LogP contribution is 2.21. The highest BCUT2D eigenvalue weighted by Gasteiger charge is 2.09. The van der Waals surface area contributed by atoms with Crippen LogP contribution in [0.2, 0.25) is 0 Å². The van der Waals surface area contributed by atoms with E-state index in [1.54, 1.807) is 23.0 Å². The minimum absolute atomic E-state index is 0.144. The van der Waals surface area contributed by atoms with Gasteiger partial charge in [-0.05, 0) is 47.5 Å². The van der Waals surface area contributed by atoms with Crippen LogP contribution in [0.3, 0.4) is 0 Å². The molecule has 0 unspecified atom stereocenters. The van der Waals surface area contributed by atoms with E-state index in [2.05, 4.69) is 15.7 Å². The van der Waals surface area contributed by atoms with Crippen molar-refractivity contribution < 1.29 is 14.3 Å². The van der Waals surface area contributed by atoms with Crippen LogP contribution < -0.4 is 15.4 Å². The van der Waals surface area contributed by atoms with Crippen molar-refractivity contribution >= 4 is 17.5 Å². The maximum atomic E-state index is 12.2. The molecule has 0 saturated carbocycles. The molecule has 33 heavy (non-hydrogen) atoms. The standard InChI is InChI=1S/C26H24N4O3/c31-25(29-22-11-13-23(14-12-22)30-16-6-15-28-30)18-27-26(32)19-33-24-10-5-4-9-21(24)17-20-7-2-1-3-8-20/h1-16H,17-19H2,(H,27,32)(H,29,31). The fraction of sp³-hybridized carbons (Fsp3) is 0.115. The van der Waals surface area contributed by atoms with Crippen molar-refractivity contribution in [3.8, 4) is 11.4 Å². The Hall–Kier alpha value is -4.39. The lowest BCUT2D eigenvalue weighted by atomic mass is 10.0. The smallest absolute Gasteiger partial charge is 0.258 e. The van der Waals surface area contributed by atoms with Crippen molar-refractivity contribution in [3.05, 3.63) is 108 Å². The predicted octanol–water partition coefficient (Wildman–Crippen LogP) is 3.60. The molecule has 0 aliphatic rings. The molecule has 1 heterocycles. The number of anilines is 1. The summed E-state index contributed by atoms with van der Waals surface area (Å²) >= 11 is 0. The van der Waals surface area contributed by atoms with Gasteiger partial charge in [0.1, 0.15) is 5.75 Å². The van der Waals surface area contributed by atoms with E-state index in [-0.39, 0.29) is 25.0 Å². The summed E-state index contributed by atoms with van der Waals surface area (Å²) in [5, 5.41) is 9.50. The van der Waals surface area contributed by atoms with Crippen molar-refractivity contribution in [1.29, 1.82) is 0 Å². The summed E-state index contributed by atoms with van der Waals surface area (Å²) in [5.41, 5.74) is 3.67. The molecule has 0 atom stereocenters. The summed E-state index contributed by atoms with van der Waals surface area (Å²) in [5.74, 6) is -0.0356. The second-order valence-corrected chi connectivity index (χ2v) is 7.38. The van der Waals surface area contributed by atoms with Crippen LogP contribution in [0, 0.1) is 0 Å². The largest absolute Gasteiger partial charge is 0.483 e. The Morgan fingerprint density at radius 3 is 2.36 bits per heavy atom. The zero-order valence-corrected chi connectivity index (χ0v) is 18.0. The molecule has 4 rings (SSSR count). The van der Waals surface area contributed by atoms with Crippen LogP contribution in [0.4, 0.5) is 5.69 Å². The Balaban J connectivity index is 1.23. The first kappa shape index (κ1) is 21.8. The number of amides is 2. The number of hydrogen-bond donors (Lipinski definition) is 2. The third-order valence-corrected chi connectivity index (χ3v) is 4.93. The summed E-state index contributed by atoms with van der Waals surface area (Å²) in [7, 11) is 0. The second kappa shape index (κ2) is 10.8. The van der Waals surface area contributed by atoms with E-state index in [9.17, 15) is 9.59 Å². The lowest BCUT2D eigenvalue weighted by Gasteiger charge is -2.12. The Morgan fingerprint density at radius 2 is 1.61 bits per heavy atom. The molecule has 1 aromatic heterocycles. The molecule has 0 bridgehead atoms. The number of aromatic nitrogens is 2. The van der Waals surface area contributed by atoms with Gasteiger partial charge in [-0.1, -0.05) is 48.5 Å². The first-order valence-corrected chi connectivity index (χ1v) is 10.6. The molecule has 0 saturated heterocycles. The van der Waals surface area contributed by atoms with Crippen molar-refractivity contribution in [1.82, 2.24) is 15.1 Å². The normalized spacial score (nSPS) is 10.4. The van der Waals surface area contributed by atoms with Gasteiger partial charge in [0, 0.05) is 24.5 Å². The van der Waals surface area contributed by atoms with Gasteiger partial charge in [0.25, 0.3) is 5.91 Å². The van der Waals surface area contributed by atoms with E-state index in [0.29, 0.717) is 17.9 Å². The molecule has 2 N–H and O–H groups in total. The molecule has 166 valence electrons. The zero-order valence-electron chi connectivity index (χ0n) is 18.0. The van der Waals surface area contributed by atoms with Crippen molar-refractivity contribution in [3.63, 3.8) is 0 Å². The van der Waals surface area contributed by atoms with E-state index in [4.69, 9.17) is 4.74 Å². The summed E-state index contributed by atoms with van der Waals surface area (Å²) in [6, 6.07) is 26.8. The number of hydrogen-bond acceptors (Lipinski definition) is 4. The van der Waals surface area contributed by atoms with Gasteiger partial charge < -0.3 is 15.4 Å². The van der Waals surface area contributed by atoms with Gasteiger partial charge >= 0.3 is 0 Å². The molecular formula is C26H24N4O3. The summed E-state index contributed by atoms with van der Waals surface area (Å²) in [4.78, 5) is 24.4. The molecule has 3 aromatic carbocycles. The van der Waals surface area contributed by atoms with E-state index < -0.39 is 0 Å². The average Bonchev–Trinajstić information content (AvgIpc) is 3.38. The lowest BCUT2D eigenvalue weighted by molar-refractivity contribution is -0.125. The van der Waals surface area contributed by atoms with Crippen molar-refractivity contribution in [2.45, 2.75) is 6.42 Å². The average molecular weight is 441 g/mol. The quantitative estimate of drug-likeness (QED) is 0.417. The minimum Gasteiger partial charge on any atom is -0.483 e. The molecule has 0 aliphatic heterocycles. The molecule has 2 amide bonds. The van der Waals surface area contributed by atoms with Gasteiger partial charge in [0.2, 0.25) is 5.91 Å². The van der Waals surface area contributed by atoms with Crippen molar-refractivity contribution in [2.75, 3.05) is 18.5 Å². The van der Waals surface area contributed by atoms with E-state index >= 15 is 0 Å². The van der Waals surface area contributed by atoms with Gasteiger partial charge in [-0.2, -0.15) is 5.10 Å². The third kappa shape index (κ3) is 6.30. The topological polar surface area (TPSA) is 85.2 Å². The van der Waals surface area contributed by atoms with Crippen molar-refractivity contribution in [2.24, 2.45) is 0 Å². The van der Waals surface area contributed by atoms with Crippen LogP contribution in [0.25, 0.3) is 5.69 Å². The Bertz CT molecular complexity index is 1190. The SMILES string of the molecule is O=C(COc1ccccc1Cc1ccccc1)NCC(=O)Nc1ccc(-n2cccn2)cc1. The molecule has 0 radical (unpaired) electrons. The van der Waals surface area contributed by atoms with Gasteiger partial charge in [-0.3, -0.25) is 9.59 Å². The van der Waals surface area contributed by atoms with Crippen LogP contribution in [0.15, 0.2) is 97.3 Å². The first-order valence-electron chi connectivity index (χ1n) is 10.6. The first-order chi connectivity index (χ1) is 16.2. The third-order valence-electron chi connectivity index (χ3n) is 4.93. The highest BCUT2D eigenvalue weighted by molar-refractivity contribution is 5.94. The number of benzene rings is 3. The molecule has 4 aromatic rings. The Morgan fingerprint density at radius 1 is 0.848 bits per heavy atom. The number of carbonyl (C=O) groups is 2. The fourth-order valence-corrected chi connectivity index (χ4v) is 3.30. The van der Waals surface area contributed by atoms with Gasteiger partial charge in [0.05, 0.1) is 12.2 Å². The van der Waals surface area contributed by atoms with Crippen LogP contribution in [0.1, 0.15) is 11.1 Å². The number of carbonyl (C=O) groups excluding carboxylic acids is 2. The predicted molar refractivity (Wildman–Crippen MR) is 126 cm³/mol. The number of rotatable bonds is 9.